The van der Waals surface area contributed by atoms with Gasteiger partial charge in [-0.3, -0.25) is 19.3 Å². The number of carbonyl (C=O) groups excluding carboxylic acids is 3. The Balaban J connectivity index is 1.30. The maximum atomic E-state index is 12.4. The van der Waals surface area contributed by atoms with Crippen LogP contribution in [0.3, 0.4) is 0 Å². The molecule has 1 aromatic heterocycles. The monoisotopic (exact) mass is 385 g/mol. The third-order valence-electron chi connectivity index (χ3n) is 5.00. The minimum absolute atomic E-state index is 0.0257. The van der Waals surface area contributed by atoms with Crippen molar-refractivity contribution >= 4 is 39.7 Å². The smallest absolute Gasteiger partial charge is 0.312 e. The second kappa shape index (κ2) is 6.60. The summed E-state index contributed by atoms with van der Waals surface area (Å²) in [7, 11) is 0. The molecule has 0 unspecified atom stereocenters. The Kier molecular flexibility index (Phi) is 3.91. The molecule has 2 heterocycles. The molecule has 0 saturated carbocycles. The first-order valence-corrected chi connectivity index (χ1v) is 9.19. The first kappa shape index (κ1) is 17.2. The van der Waals surface area contributed by atoms with Gasteiger partial charge in [0, 0.05) is 17.3 Å². The summed E-state index contributed by atoms with van der Waals surface area (Å²) in [6.07, 6.45) is -0.0877. The lowest BCUT2D eigenvalue weighted by molar-refractivity contribution is -0.134. The van der Waals surface area contributed by atoms with Gasteiger partial charge >= 0.3 is 5.97 Å². The molecule has 6 heteroatoms. The van der Waals surface area contributed by atoms with Crippen molar-refractivity contribution in [3.8, 4) is 5.75 Å². The van der Waals surface area contributed by atoms with E-state index in [0.29, 0.717) is 22.5 Å². The summed E-state index contributed by atoms with van der Waals surface area (Å²) >= 11 is 0. The summed E-state index contributed by atoms with van der Waals surface area (Å²) in [5, 5.41) is 1.79. The first-order chi connectivity index (χ1) is 14.1. The van der Waals surface area contributed by atoms with Crippen LogP contribution in [0.5, 0.6) is 5.75 Å². The Morgan fingerprint density at radius 1 is 0.828 bits per heavy atom. The number of rotatable bonds is 4. The van der Waals surface area contributed by atoms with Gasteiger partial charge in [0.2, 0.25) is 0 Å². The maximum Gasteiger partial charge on any atom is 0.312 e. The lowest BCUT2D eigenvalue weighted by Crippen LogP contribution is -2.32. The highest BCUT2D eigenvalue weighted by Crippen LogP contribution is 2.31. The van der Waals surface area contributed by atoms with Crippen molar-refractivity contribution in [3.05, 3.63) is 77.9 Å². The van der Waals surface area contributed by atoms with E-state index in [4.69, 9.17) is 9.15 Å². The zero-order chi connectivity index (χ0) is 20.0. The third-order valence-corrected chi connectivity index (χ3v) is 5.00. The third kappa shape index (κ3) is 2.86. The van der Waals surface area contributed by atoms with Gasteiger partial charge in [0.15, 0.2) is 0 Å². The van der Waals surface area contributed by atoms with Gasteiger partial charge in [0.1, 0.15) is 16.9 Å². The van der Waals surface area contributed by atoms with Crippen LogP contribution in [0.25, 0.3) is 21.9 Å². The standard InChI is InChI=1S/C23H15NO5/c25-21(11-12-24-22(26)16-6-1-2-7-17(16)23(24)27)28-14-9-10-20-18(13-14)15-5-3-4-8-19(15)29-20/h1-10,13H,11-12H2. The van der Waals surface area contributed by atoms with Crippen molar-refractivity contribution in [2.24, 2.45) is 0 Å². The van der Waals surface area contributed by atoms with E-state index in [9.17, 15) is 14.4 Å². The molecule has 2 amide bonds. The Morgan fingerprint density at radius 3 is 2.24 bits per heavy atom. The normalized spacial score (nSPS) is 13.3. The van der Waals surface area contributed by atoms with Crippen LogP contribution in [0, 0.1) is 0 Å². The fourth-order valence-electron chi connectivity index (χ4n) is 3.60. The number of hydrogen-bond acceptors (Lipinski definition) is 5. The van der Waals surface area contributed by atoms with E-state index in [1.807, 2.05) is 24.3 Å². The van der Waals surface area contributed by atoms with Gasteiger partial charge < -0.3 is 9.15 Å². The molecule has 1 aliphatic heterocycles. The maximum absolute atomic E-state index is 12.4. The van der Waals surface area contributed by atoms with Crippen molar-refractivity contribution in [1.29, 1.82) is 0 Å². The van der Waals surface area contributed by atoms with E-state index in [-0.39, 0.29) is 24.8 Å². The summed E-state index contributed by atoms with van der Waals surface area (Å²) in [5.41, 5.74) is 2.19. The number of esters is 1. The zero-order valence-electron chi connectivity index (χ0n) is 15.3. The first-order valence-electron chi connectivity index (χ1n) is 9.19. The van der Waals surface area contributed by atoms with Crippen molar-refractivity contribution in [3.63, 3.8) is 0 Å². The number of amides is 2. The average molecular weight is 385 g/mol. The van der Waals surface area contributed by atoms with E-state index < -0.39 is 5.97 Å². The van der Waals surface area contributed by atoms with E-state index in [2.05, 4.69) is 0 Å². The Bertz CT molecular complexity index is 1270. The molecule has 0 spiro atoms. The molecule has 0 N–H and O–H groups in total. The lowest BCUT2D eigenvalue weighted by atomic mass is 10.1. The average Bonchev–Trinajstić information content (AvgIpc) is 3.22. The lowest BCUT2D eigenvalue weighted by Gasteiger charge is -2.13. The number of para-hydroxylation sites is 1. The number of benzene rings is 3. The number of ether oxygens (including phenoxy) is 1. The quantitative estimate of drug-likeness (QED) is 0.299. The fraction of sp³-hybridized carbons (Fsp3) is 0.0870. The zero-order valence-corrected chi connectivity index (χ0v) is 15.3. The van der Waals surface area contributed by atoms with Crippen LogP contribution in [-0.4, -0.2) is 29.2 Å². The summed E-state index contributed by atoms with van der Waals surface area (Å²) in [6.45, 7) is -0.0257. The van der Waals surface area contributed by atoms with Crippen LogP contribution in [0.4, 0.5) is 0 Å². The molecular weight excluding hydrogens is 370 g/mol. The molecule has 4 aromatic rings. The molecule has 5 rings (SSSR count). The Morgan fingerprint density at radius 2 is 1.48 bits per heavy atom. The van der Waals surface area contributed by atoms with Gasteiger partial charge in [-0.2, -0.15) is 0 Å². The second-order valence-corrected chi connectivity index (χ2v) is 6.79. The number of furan rings is 1. The van der Waals surface area contributed by atoms with E-state index in [1.54, 1.807) is 42.5 Å². The molecule has 0 bridgehead atoms. The molecule has 0 atom stereocenters. The topological polar surface area (TPSA) is 76.8 Å². The van der Waals surface area contributed by atoms with Gasteiger partial charge in [-0.25, -0.2) is 0 Å². The molecule has 29 heavy (non-hydrogen) atoms. The summed E-state index contributed by atoms with van der Waals surface area (Å²) in [4.78, 5) is 38.1. The van der Waals surface area contributed by atoms with Crippen LogP contribution in [0.1, 0.15) is 27.1 Å². The molecule has 0 fully saturated rings. The summed E-state index contributed by atoms with van der Waals surface area (Å²) < 4.78 is 11.2. The fourth-order valence-corrected chi connectivity index (χ4v) is 3.60. The van der Waals surface area contributed by atoms with Crippen molar-refractivity contribution in [2.75, 3.05) is 6.54 Å². The SMILES string of the molecule is O=C(CCN1C(=O)c2ccccc2C1=O)Oc1ccc2oc3ccccc3c2c1. The number of carbonyl (C=O) groups is 3. The molecule has 0 saturated heterocycles. The van der Waals surface area contributed by atoms with Crippen LogP contribution in [0.15, 0.2) is 71.1 Å². The van der Waals surface area contributed by atoms with Gasteiger partial charge in [-0.1, -0.05) is 30.3 Å². The number of fused-ring (bicyclic) bond motifs is 4. The van der Waals surface area contributed by atoms with E-state index in [1.165, 1.54) is 0 Å². The van der Waals surface area contributed by atoms with Crippen LogP contribution >= 0.6 is 0 Å². The van der Waals surface area contributed by atoms with Crippen molar-refractivity contribution < 1.29 is 23.5 Å². The van der Waals surface area contributed by atoms with E-state index in [0.717, 1.165) is 21.3 Å². The largest absolute Gasteiger partial charge is 0.456 e. The molecule has 0 radical (unpaired) electrons. The minimum atomic E-state index is -0.520. The number of nitrogens with zero attached hydrogens (tertiary/aromatic N) is 1. The predicted octanol–water partition coefficient (Wildman–Crippen LogP) is 4.18. The van der Waals surface area contributed by atoms with E-state index >= 15 is 0 Å². The predicted molar refractivity (Wildman–Crippen MR) is 106 cm³/mol. The summed E-state index contributed by atoms with van der Waals surface area (Å²) in [5.74, 6) is -0.903. The molecule has 1 aliphatic rings. The second-order valence-electron chi connectivity index (χ2n) is 6.79. The summed E-state index contributed by atoms with van der Waals surface area (Å²) in [6, 6.07) is 19.4. The number of hydrogen-bond donors (Lipinski definition) is 0. The van der Waals surface area contributed by atoms with Crippen LogP contribution < -0.4 is 4.74 Å². The van der Waals surface area contributed by atoms with Crippen molar-refractivity contribution in [1.82, 2.24) is 4.90 Å². The highest BCUT2D eigenvalue weighted by molar-refractivity contribution is 6.21. The van der Waals surface area contributed by atoms with Gasteiger partial charge in [0.05, 0.1) is 17.5 Å². The minimum Gasteiger partial charge on any atom is -0.456 e. The van der Waals surface area contributed by atoms with Crippen LogP contribution in [-0.2, 0) is 4.79 Å². The highest BCUT2D eigenvalue weighted by Gasteiger charge is 2.35. The molecule has 142 valence electrons. The Labute approximate surface area is 165 Å². The van der Waals surface area contributed by atoms with Gasteiger partial charge in [-0.15, -0.1) is 0 Å². The van der Waals surface area contributed by atoms with Gasteiger partial charge in [0.25, 0.3) is 11.8 Å². The highest BCUT2D eigenvalue weighted by atomic mass is 16.5. The van der Waals surface area contributed by atoms with Crippen LogP contribution in [0.2, 0.25) is 0 Å². The Hall–Kier alpha value is -3.93. The van der Waals surface area contributed by atoms with Crippen molar-refractivity contribution in [2.45, 2.75) is 6.42 Å². The number of imide groups is 1. The molecule has 0 aliphatic carbocycles. The molecule has 3 aromatic carbocycles. The van der Waals surface area contributed by atoms with Gasteiger partial charge in [-0.05, 0) is 36.4 Å². The molecule has 6 nitrogen and oxygen atoms in total. The molecular formula is C23H15NO5.